The smallest absolute Gasteiger partial charge is 0.115 e. The number of hydrogen-bond acceptors (Lipinski definition) is 2. The fourth-order valence-electron chi connectivity index (χ4n) is 1.76. The van der Waals surface area contributed by atoms with E-state index in [-0.39, 0.29) is 5.75 Å². The third-order valence-corrected chi connectivity index (χ3v) is 2.81. The van der Waals surface area contributed by atoms with Gasteiger partial charge in [0.05, 0.1) is 5.69 Å². The molecule has 0 aliphatic rings. The van der Waals surface area contributed by atoms with Crippen molar-refractivity contribution in [3.63, 3.8) is 0 Å². The van der Waals surface area contributed by atoms with Crippen molar-refractivity contribution in [1.82, 2.24) is 4.98 Å². The van der Waals surface area contributed by atoms with Gasteiger partial charge in [0, 0.05) is 11.8 Å². The van der Waals surface area contributed by atoms with Gasteiger partial charge < -0.3 is 5.11 Å². The average Bonchev–Trinajstić information content (AvgIpc) is 2.38. The van der Waals surface area contributed by atoms with E-state index in [1.165, 1.54) is 18.4 Å². The number of phenolic OH excluding ortho intramolecular Hbond substituents is 1. The van der Waals surface area contributed by atoms with Gasteiger partial charge in [0.2, 0.25) is 0 Å². The number of phenols is 1. The molecule has 2 rings (SSSR count). The van der Waals surface area contributed by atoms with Crippen molar-refractivity contribution in [3.8, 4) is 17.0 Å². The number of benzene rings is 1. The molecule has 1 heterocycles. The Morgan fingerprint density at radius 1 is 1.06 bits per heavy atom. The van der Waals surface area contributed by atoms with Crippen LogP contribution in [0.25, 0.3) is 11.3 Å². The quantitative estimate of drug-likeness (QED) is 0.861. The molecule has 0 bridgehead atoms. The lowest BCUT2D eigenvalue weighted by molar-refractivity contribution is 0.475. The van der Waals surface area contributed by atoms with Crippen LogP contribution < -0.4 is 0 Å². The highest BCUT2D eigenvalue weighted by Crippen LogP contribution is 2.20. The highest BCUT2D eigenvalue weighted by atomic mass is 16.3. The third-order valence-electron chi connectivity index (χ3n) is 2.81. The zero-order chi connectivity index (χ0) is 12.1. The van der Waals surface area contributed by atoms with E-state index in [9.17, 15) is 5.11 Å². The summed E-state index contributed by atoms with van der Waals surface area (Å²) in [6.07, 6.45) is 5.46. The van der Waals surface area contributed by atoms with Gasteiger partial charge in [-0.3, -0.25) is 4.98 Å². The fraction of sp³-hybridized carbons (Fsp3) is 0.267. The summed E-state index contributed by atoms with van der Waals surface area (Å²) >= 11 is 0. The third kappa shape index (κ3) is 3.06. The number of nitrogens with zero attached hydrogens (tertiary/aromatic N) is 1. The number of hydrogen-bond donors (Lipinski definition) is 1. The van der Waals surface area contributed by atoms with Gasteiger partial charge >= 0.3 is 0 Å². The Hall–Kier alpha value is -1.83. The normalized spacial score (nSPS) is 10.4. The fourth-order valence-corrected chi connectivity index (χ4v) is 1.76. The van der Waals surface area contributed by atoms with Crippen LogP contribution in [-0.4, -0.2) is 10.1 Å². The van der Waals surface area contributed by atoms with Crippen molar-refractivity contribution in [2.75, 3.05) is 0 Å². The van der Waals surface area contributed by atoms with E-state index in [2.05, 4.69) is 18.0 Å². The molecule has 0 fully saturated rings. The van der Waals surface area contributed by atoms with E-state index in [0.717, 1.165) is 17.7 Å². The van der Waals surface area contributed by atoms with Crippen LogP contribution in [0.5, 0.6) is 5.75 Å². The molecule has 0 amide bonds. The van der Waals surface area contributed by atoms with E-state index < -0.39 is 0 Å². The Kier molecular flexibility index (Phi) is 3.76. The minimum absolute atomic E-state index is 0.285. The first-order chi connectivity index (χ1) is 8.29. The standard InChI is InChI=1S/C15H17NO/c1-2-3-4-12-5-10-15(16-11-12)13-6-8-14(17)9-7-13/h5-11,17H,2-4H2,1H3. The number of aromatic hydroxyl groups is 1. The zero-order valence-corrected chi connectivity index (χ0v) is 10.1. The van der Waals surface area contributed by atoms with E-state index in [1.807, 2.05) is 24.4 Å². The Bertz CT molecular complexity index is 459. The summed E-state index contributed by atoms with van der Waals surface area (Å²) in [4.78, 5) is 4.45. The van der Waals surface area contributed by atoms with Gasteiger partial charge in [-0.05, 0) is 48.7 Å². The van der Waals surface area contributed by atoms with Crippen LogP contribution in [0.3, 0.4) is 0 Å². The maximum atomic E-state index is 9.22. The molecule has 0 saturated carbocycles. The molecule has 88 valence electrons. The summed E-state index contributed by atoms with van der Waals surface area (Å²) in [5.41, 5.74) is 3.27. The maximum Gasteiger partial charge on any atom is 0.115 e. The molecular weight excluding hydrogens is 210 g/mol. The zero-order valence-electron chi connectivity index (χ0n) is 10.1. The second kappa shape index (κ2) is 5.48. The highest BCUT2D eigenvalue weighted by molar-refractivity contribution is 5.59. The summed E-state index contributed by atoms with van der Waals surface area (Å²) in [6, 6.07) is 11.3. The minimum atomic E-state index is 0.285. The molecule has 0 aliphatic carbocycles. The molecule has 0 saturated heterocycles. The van der Waals surface area contributed by atoms with Crippen molar-refractivity contribution in [1.29, 1.82) is 0 Å². The predicted octanol–water partition coefficient (Wildman–Crippen LogP) is 3.80. The first-order valence-electron chi connectivity index (χ1n) is 6.04. The van der Waals surface area contributed by atoms with Crippen molar-refractivity contribution in [3.05, 3.63) is 48.2 Å². The van der Waals surface area contributed by atoms with Gasteiger partial charge in [0.25, 0.3) is 0 Å². The summed E-state index contributed by atoms with van der Waals surface area (Å²) in [5.74, 6) is 0.285. The SMILES string of the molecule is CCCCc1ccc(-c2ccc(O)cc2)nc1. The lowest BCUT2D eigenvalue weighted by Crippen LogP contribution is -1.88. The molecular formula is C15H17NO. The second-order valence-corrected chi connectivity index (χ2v) is 4.20. The number of unbranched alkanes of at least 4 members (excludes halogenated alkanes) is 1. The molecule has 2 aromatic rings. The largest absolute Gasteiger partial charge is 0.508 e. The average molecular weight is 227 g/mol. The topological polar surface area (TPSA) is 33.1 Å². The molecule has 17 heavy (non-hydrogen) atoms. The maximum absolute atomic E-state index is 9.22. The van der Waals surface area contributed by atoms with Gasteiger partial charge in [-0.1, -0.05) is 19.4 Å². The number of rotatable bonds is 4. The van der Waals surface area contributed by atoms with Crippen LogP contribution in [0.15, 0.2) is 42.6 Å². The second-order valence-electron chi connectivity index (χ2n) is 4.20. The molecule has 2 nitrogen and oxygen atoms in total. The predicted molar refractivity (Wildman–Crippen MR) is 69.9 cm³/mol. The van der Waals surface area contributed by atoms with E-state index >= 15 is 0 Å². The summed E-state index contributed by atoms with van der Waals surface area (Å²) in [5, 5.41) is 9.22. The first-order valence-corrected chi connectivity index (χ1v) is 6.04. The molecule has 1 aromatic heterocycles. The molecule has 0 unspecified atom stereocenters. The lowest BCUT2D eigenvalue weighted by atomic mass is 10.1. The Morgan fingerprint density at radius 2 is 1.82 bits per heavy atom. The van der Waals surface area contributed by atoms with Gasteiger partial charge in [0.15, 0.2) is 0 Å². The number of pyridine rings is 1. The lowest BCUT2D eigenvalue weighted by Gasteiger charge is -2.03. The Balaban J connectivity index is 2.14. The van der Waals surface area contributed by atoms with Gasteiger partial charge in [0.1, 0.15) is 5.75 Å². The van der Waals surface area contributed by atoms with Gasteiger partial charge in [-0.15, -0.1) is 0 Å². The monoisotopic (exact) mass is 227 g/mol. The van der Waals surface area contributed by atoms with E-state index in [4.69, 9.17) is 0 Å². The first kappa shape index (κ1) is 11.6. The molecule has 1 aromatic carbocycles. The van der Waals surface area contributed by atoms with Crippen molar-refractivity contribution in [2.45, 2.75) is 26.2 Å². The van der Waals surface area contributed by atoms with Crippen LogP contribution in [0.1, 0.15) is 25.3 Å². The van der Waals surface area contributed by atoms with Crippen LogP contribution >= 0.6 is 0 Å². The molecule has 1 N–H and O–H groups in total. The van der Waals surface area contributed by atoms with E-state index in [0.29, 0.717) is 0 Å². The highest BCUT2D eigenvalue weighted by Gasteiger charge is 1.99. The molecule has 0 aliphatic heterocycles. The van der Waals surface area contributed by atoms with Crippen LogP contribution in [0.4, 0.5) is 0 Å². The number of aryl methyl sites for hydroxylation is 1. The summed E-state index contributed by atoms with van der Waals surface area (Å²) in [7, 11) is 0. The van der Waals surface area contributed by atoms with Gasteiger partial charge in [-0.25, -0.2) is 0 Å². The van der Waals surface area contributed by atoms with E-state index in [1.54, 1.807) is 12.1 Å². The van der Waals surface area contributed by atoms with Crippen LogP contribution in [0, 0.1) is 0 Å². The van der Waals surface area contributed by atoms with Crippen LogP contribution in [0.2, 0.25) is 0 Å². The molecule has 0 atom stereocenters. The molecule has 0 radical (unpaired) electrons. The van der Waals surface area contributed by atoms with Gasteiger partial charge in [-0.2, -0.15) is 0 Å². The van der Waals surface area contributed by atoms with Crippen molar-refractivity contribution < 1.29 is 5.11 Å². The minimum Gasteiger partial charge on any atom is -0.508 e. The molecule has 2 heteroatoms. The summed E-state index contributed by atoms with van der Waals surface area (Å²) < 4.78 is 0. The Labute approximate surface area is 102 Å². The van der Waals surface area contributed by atoms with Crippen molar-refractivity contribution >= 4 is 0 Å². The number of aromatic nitrogens is 1. The van der Waals surface area contributed by atoms with Crippen molar-refractivity contribution in [2.24, 2.45) is 0 Å². The Morgan fingerprint density at radius 3 is 2.41 bits per heavy atom. The van der Waals surface area contributed by atoms with Crippen LogP contribution in [-0.2, 0) is 6.42 Å². The molecule has 0 spiro atoms. The summed E-state index contributed by atoms with van der Waals surface area (Å²) in [6.45, 7) is 2.19.